The van der Waals surface area contributed by atoms with E-state index in [-0.39, 0.29) is 22.5 Å². The molecule has 3 heterocycles. The standard InChI is InChI=1S/C25H17FN4O3/c1-16-20(24(32)30(27-16)17-10-4-2-5-11-17)21-22(28-14-8-3-9-15-28)25(33)29(23(21)31)19-13-7-6-12-18(19)26/h2-15H,1H3/p+1. The van der Waals surface area contributed by atoms with Crippen LogP contribution in [0.25, 0.3) is 17.0 Å². The van der Waals surface area contributed by atoms with E-state index in [1.165, 1.54) is 33.5 Å². The van der Waals surface area contributed by atoms with Crippen molar-refractivity contribution in [3.63, 3.8) is 0 Å². The lowest BCUT2D eigenvalue weighted by molar-refractivity contribution is -0.576. The maximum atomic E-state index is 14.6. The van der Waals surface area contributed by atoms with E-state index in [9.17, 15) is 18.8 Å². The molecule has 0 unspecified atom stereocenters. The molecular weight excluding hydrogens is 423 g/mol. The average molecular weight is 441 g/mol. The van der Waals surface area contributed by atoms with E-state index in [4.69, 9.17) is 0 Å². The second-order valence-corrected chi connectivity index (χ2v) is 7.49. The number of carbonyl (C=O) groups excluding carboxylic acids is 2. The Labute approximate surface area is 187 Å². The van der Waals surface area contributed by atoms with Crippen molar-refractivity contribution in [2.75, 3.05) is 4.90 Å². The molecular formula is C25H18FN4O3+. The maximum absolute atomic E-state index is 14.6. The van der Waals surface area contributed by atoms with Crippen molar-refractivity contribution in [1.29, 1.82) is 0 Å². The second-order valence-electron chi connectivity index (χ2n) is 7.49. The molecule has 0 fully saturated rings. The number of aryl methyl sites for hydroxylation is 1. The quantitative estimate of drug-likeness (QED) is 0.391. The molecule has 33 heavy (non-hydrogen) atoms. The van der Waals surface area contributed by atoms with E-state index in [0.717, 1.165) is 4.90 Å². The van der Waals surface area contributed by atoms with Crippen LogP contribution in [0, 0.1) is 12.7 Å². The first-order valence-electron chi connectivity index (χ1n) is 10.2. The highest BCUT2D eigenvalue weighted by molar-refractivity contribution is 6.53. The number of nitrogens with one attached hydrogen (secondary N) is 1. The van der Waals surface area contributed by atoms with Gasteiger partial charge in [-0.05, 0) is 31.2 Å². The van der Waals surface area contributed by atoms with Crippen LogP contribution in [0.1, 0.15) is 11.3 Å². The zero-order valence-electron chi connectivity index (χ0n) is 17.5. The number of carbonyl (C=O) groups is 2. The predicted molar refractivity (Wildman–Crippen MR) is 120 cm³/mol. The van der Waals surface area contributed by atoms with Gasteiger partial charge in [0, 0.05) is 17.8 Å². The molecule has 8 heteroatoms. The van der Waals surface area contributed by atoms with Crippen LogP contribution in [-0.4, -0.2) is 21.6 Å². The molecule has 2 aromatic carbocycles. The lowest BCUT2D eigenvalue weighted by Crippen LogP contribution is -2.39. The molecule has 1 aliphatic rings. The molecule has 0 bridgehead atoms. The van der Waals surface area contributed by atoms with Crippen LogP contribution < -0.4 is 15.0 Å². The number of halogens is 1. The Kier molecular flexibility index (Phi) is 4.82. The predicted octanol–water partition coefficient (Wildman–Crippen LogP) is 2.84. The van der Waals surface area contributed by atoms with Crippen LogP contribution in [0.5, 0.6) is 0 Å². The topological polar surface area (TPSA) is 79.1 Å². The zero-order valence-corrected chi connectivity index (χ0v) is 17.5. The number of anilines is 1. The Hall–Kier alpha value is -4.59. The first-order valence-corrected chi connectivity index (χ1v) is 10.2. The summed E-state index contributed by atoms with van der Waals surface area (Å²) in [7, 11) is 0. The van der Waals surface area contributed by atoms with Gasteiger partial charge in [0.05, 0.1) is 16.9 Å². The van der Waals surface area contributed by atoms with E-state index in [1.807, 2.05) is 6.07 Å². The smallest absolute Gasteiger partial charge is 0.295 e. The number of para-hydroxylation sites is 2. The molecule has 1 N–H and O–H groups in total. The number of H-pyrrole nitrogens is 1. The summed E-state index contributed by atoms with van der Waals surface area (Å²) in [6.07, 6.45) is 3.20. The Morgan fingerprint density at radius 3 is 2.15 bits per heavy atom. The monoisotopic (exact) mass is 441 g/mol. The van der Waals surface area contributed by atoms with Gasteiger partial charge in [0.15, 0.2) is 12.4 Å². The Morgan fingerprint density at radius 2 is 1.45 bits per heavy atom. The fourth-order valence-electron chi connectivity index (χ4n) is 3.98. The van der Waals surface area contributed by atoms with E-state index in [2.05, 4.69) is 5.10 Å². The van der Waals surface area contributed by atoms with Gasteiger partial charge in [-0.1, -0.05) is 36.4 Å². The number of aromatic amines is 1. The van der Waals surface area contributed by atoms with Crippen molar-refractivity contribution < 1.29 is 18.5 Å². The van der Waals surface area contributed by atoms with Crippen LogP contribution in [0.2, 0.25) is 0 Å². The summed E-state index contributed by atoms with van der Waals surface area (Å²) in [6, 6.07) is 19.6. The van der Waals surface area contributed by atoms with E-state index < -0.39 is 23.2 Å². The second kappa shape index (κ2) is 7.83. The molecule has 2 aromatic heterocycles. The number of rotatable bonds is 4. The van der Waals surface area contributed by atoms with Crippen LogP contribution in [0.4, 0.5) is 10.1 Å². The minimum atomic E-state index is -0.768. The molecule has 1 aliphatic heterocycles. The van der Waals surface area contributed by atoms with Gasteiger partial charge in [0.25, 0.3) is 17.2 Å². The first-order chi connectivity index (χ1) is 16.0. The summed E-state index contributed by atoms with van der Waals surface area (Å²) in [4.78, 5) is 41.3. The largest absolute Gasteiger partial charge is 0.331 e. The molecule has 7 nitrogen and oxygen atoms in total. The molecule has 162 valence electrons. The number of nitrogens with zero attached hydrogens (tertiary/aromatic N) is 3. The van der Waals surface area contributed by atoms with Gasteiger partial charge in [-0.25, -0.2) is 14.0 Å². The van der Waals surface area contributed by atoms with Crippen molar-refractivity contribution >= 4 is 28.8 Å². The van der Waals surface area contributed by atoms with Gasteiger partial charge in [0.1, 0.15) is 11.4 Å². The van der Waals surface area contributed by atoms with Crippen molar-refractivity contribution in [2.45, 2.75) is 6.92 Å². The third-order valence-corrected chi connectivity index (χ3v) is 5.46. The van der Waals surface area contributed by atoms with E-state index in [1.54, 1.807) is 61.8 Å². The van der Waals surface area contributed by atoms with Gasteiger partial charge in [-0.15, -0.1) is 0 Å². The van der Waals surface area contributed by atoms with Gasteiger partial charge in [-0.2, -0.15) is 4.57 Å². The zero-order chi connectivity index (χ0) is 23.1. The molecule has 0 radical (unpaired) electrons. The number of amides is 2. The summed E-state index contributed by atoms with van der Waals surface area (Å²) in [6.45, 7) is 1.65. The molecule has 4 aromatic rings. The van der Waals surface area contributed by atoms with E-state index >= 15 is 0 Å². The average Bonchev–Trinajstić information content (AvgIpc) is 3.26. The van der Waals surface area contributed by atoms with Gasteiger partial charge in [0.2, 0.25) is 0 Å². The first kappa shape index (κ1) is 20.3. The summed E-state index contributed by atoms with van der Waals surface area (Å²) in [5.41, 5.74) is 0.268. The summed E-state index contributed by atoms with van der Waals surface area (Å²) < 4.78 is 17.4. The van der Waals surface area contributed by atoms with Crippen molar-refractivity contribution in [2.24, 2.45) is 0 Å². The summed E-state index contributed by atoms with van der Waals surface area (Å²) >= 11 is 0. The van der Waals surface area contributed by atoms with Gasteiger partial charge in [-0.3, -0.25) is 19.5 Å². The Balaban J connectivity index is 1.77. The number of imide groups is 1. The molecule has 5 rings (SSSR count). The number of aromatic nitrogens is 3. The Bertz CT molecular complexity index is 1490. The van der Waals surface area contributed by atoms with Crippen LogP contribution in [0.3, 0.4) is 0 Å². The van der Waals surface area contributed by atoms with Crippen molar-refractivity contribution in [1.82, 2.24) is 9.78 Å². The lowest BCUT2D eigenvalue weighted by Gasteiger charge is -2.14. The fraction of sp³-hybridized carbons (Fsp3) is 0.0400. The molecule has 0 saturated heterocycles. The van der Waals surface area contributed by atoms with Gasteiger partial charge >= 0.3 is 5.91 Å². The van der Waals surface area contributed by atoms with Crippen LogP contribution in [0.15, 0.2) is 90.0 Å². The molecule has 0 spiro atoms. The normalized spacial score (nSPS) is 13.8. The van der Waals surface area contributed by atoms with Crippen LogP contribution in [-0.2, 0) is 9.59 Å². The summed E-state index contributed by atoms with van der Waals surface area (Å²) in [5, 5.41) is 2.98. The molecule has 2 amide bonds. The summed E-state index contributed by atoms with van der Waals surface area (Å²) in [5.74, 6) is -2.20. The third kappa shape index (κ3) is 3.20. The number of pyridine rings is 1. The van der Waals surface area contributed by atoms with Crippen molar-refractivity contribution in [3.8, 4) is 5.69 Å². The van der Waals surface area contributed by atoms with Crippen molar-refractivity contribution in [3.05, 3.63) is 113 Å². The highest BCUT2D eigenvalue weighted by Crippen LogP contribution is 2.34. The maximum Gasteiger partial charge on any atom is 0.331 e. The van der Waals surface area contributed by atoms with E-state index in [0.29, 0.717) is 11.4 Å². The lowest BCUT2D eigenvalue weighted by atomic mass is 10.1. The molecule has 0 aliphatic carbocycles. The van der Waals surface area contributed by atoms with Gasteiger partial charge < -0.3 is 0 Å². The minimum absolute atomic E-state index is 0.0248. The molecule has 0 saturated carbocycles. The highest BCUT2D eigenvalue weighted by atomic mass is 19.1. The minimum Gasteiger partial charge on any atom is -0.295 e. The highest BCUT2D eigenvalue weighted by Gasteiger charge is 2.48. The SMILES string of the molecule is Cc1[nH]n(-c2ccccc2)c(=O)c1C1=C([n+]2ccccc2)C(=O)N(c2ccccc2F)C1=O. The number of hydrogen-bond donors (Lipinski definition) is 1. The fourth-order valence-corrected chi connectivity index (χ4v) is 3.98. The Morgan fingerprint density at radius 1 is 0.818 bits per heavy atom. The third-order valence-electron chi connectivity index (χ3n) is 5.46. The molecule has 0 atom stereocenters. The number of hydrogen-bond acceptors (Lipinski definition) is 3. The van der Waals surface area contributed by atoms with Crippen LogP contribution >= 0.6 is 0 Å². The number of benzene rings is 2.